The van der Waals surface area contributed by atoms with Crippen molar-refractivity contribution in [2.75, 3.05) is 12.4 Å². The number of fused-ring (bicyclic) bond motifs is 1. The molecular weight excluding hydrogens is 500 g/mol. The van der Waals surface area contributed by atoms with Gasteiger partial charge in [-0.1, -0.05) is 34.1 Å². The number of anilines is 1. The lowest BCUT2D eigenvalue weighted by Crippen LogP contribution is -2.49. The van der Waals surface area contributed by atoms with E-state index in [4.69, 9.17) is 9.47 Å². The number of esters is 1. The molecule has 1 unspecified atom stereocenters. The molecule has 0 aliphatic rings. The third kappa shape index (κ3) is 6.29. The maximum absolute atomic E-state index is 12.6. The first kappa shape index (κ1) is 25.1. The van der Waals surface area contributed by atoms with Crippen LogP contribution in [0, 0.1) is 11.3 Å². The van der Waals surface area contributed by atoms with Crippen molar-refractivity contribution in [3.05, 3.63) is 64.3 Å². The Labute approximate surface area is 206 Å². The van der Waals surface area contributed by atoms with Crippen molar-refractivity contribution in [2.45, 2.75) is 44.9 Å². The number of nitriles is 1. The molecule has 1 aromatic heterocycles. The van der Waals surface area contributed by atoms with E-state index in [1.54, 1.807) is 39.0 Å². The number of nitrogens with one attached hydrogen (secondary N) is 3. The van der Waals surface area contributed by atoms with Gasteiger partial charge in [-0.2, -0.15) is 5.26 Å². The van der Waals surface area contributed by atoms with Crippen molar-refractivity contribution in [2.24, 2.45) is 0 Å². The second-order valence-electron chi connectivity index (χ2n) is 8.75. The quantitative estimate of drug-likeness (QED) is 0.366. The van der Waals surface area contributed by atoms with E-state index < -0.39 is 29.7 Å². The number of aromatic nitrogens is 1. The van der Waals surface area contributed by atoms with E-state index in [2.05, 4.69) is 37.6 Å². The standard InChI is InChI=1S/C25H27BrN4O4/c1-25(2,3)34-24(32)30-21(11-15-14-28-19-8-6-5-7-17(15)19)22(13-27)29-20-12-16(26)9-10-18(20)23(31)33-4/h5-10,12,14,21-22,28-29H,11H2,1-4H3,(H,30,32)/t21-,22?/m0/s1. The Hall–Kier alpha value is -3.51. The Morgan fingerprint density at radius 2 is 1.94 bits per heavy atom. The molecule has 0 spiro atoms. The van der Waals surface area contributed by atoms with Crippen molar-refractivity contribution >= 4 is 44.6 Å². The zero-order chi connectivity index (χ0) is 24.9. The Morgan fingerprint density at radius 1 is 1.21 bits per heavy atom. The van der Waals surface area contributed by atoms with E-state index in [-0.39, 0.29) is 5.56 Å². The number of hydrogen-bond donors (Lipinski definition) is 3. The summed E-state index contributed by atoms with van der Waals surface area (Å²) in [6.45, 7) is 5.31. The van der Waals surface area contributed by atoms with Crippen molar-refractivity contribution in [3.8, 4) is 6.07 Å². The van der Waals surface area contributed by atoms with Crippen LogP contribution in [0.3, 0.4) is 0 Å². The molecule has 1 heterocycles. The number of hydrogen-bond acceptors (Lipinski definition) is 6. The smallest absolute Gasteiger partial charge is 0.407 e. The van der Waals surface area contributed by atoms with E-state index >= 15 is 0 Å². The molecule has 2 aromatic carbocycles. The highest BCUT2D eigenvalue weighted by molar-refractivity contribution is 9.10. The molecule has 3 aromatic rings. The number of halogens is 1. The summed E-state index contributed by atoms with van der Waals surface area (Å²) >= 11 is 3.40. The van der Waals surface area contributed by atoms with Gasteiger partial charge >= 0.3 is 12.1 Å². The minimum Gasteiger partial charge on any atom is -0.465 e. The van der Waals surface area contributed by atoms with Gasteiger partial charge in [-0.15, -0.1) is 0 Å². The first-order chi connectivity index (χ1) is 16.1. The molecule has 0 saturated heterocycles. The zero-order valence-electron chi connectivity index (χ0n) is 19.4. The molecule has 3 N–H and O–H groups in total. The summed E-state index contributed by atoms with van der Waals surface area (Å²) in [6, 6.07) is 13.4. The maximum Gasteiger partial charge on any atom is 0.407 e. The predicted molar refractivity (Wildman–Crippen MR) is 134 cm³/mol. The number of benzene rings is 2. The SMILES string of the molecule is COC(=O)c1ccc(Br)cc1NC(C#N)[C@H](Cc1c[nH]c2ccccc12)NC(=O)OC(C)(C)C. The van der Waals surface area contributed by atoms with Crippen LogP contribution < -0.4 is 10.6 Å². The molecular formula is C25H27BrN4O4. The zero-order valence-corrected chi connectivity index (χ0v) is 21.0. The lowest BCUT2D eigenvalue weighted by molar-refractivity contribution is 0.0501. The maximum atomic E-state index is 12.6. The van der Waals surface area contributed by atoms with Gasteiger partial charge in [-0.3, -0.25) is 0 Å². The molecule has 2 atom stereocenters. The number of H-pyrrole nitrogens is 1. The Kier molecular flexibility index (Phi) is 7.84. The number of amides is 1. The fourth-order valence-electron chi connectivity index (χ4n) is 3.56. The van der Waals surface area contributed by atoms with Crippen LogP contribution in [0.1, 0.15) is 36.7 Å². The number of carbonyl (C=O) groups is 2. The molecule has 3 rings (SSSR count). The molecule has 0 saturated carbocycles. The van der Waals surface area contributed by atoms with Gasteiger partial charge in [0.2, 0.25) is 0 Å². The fourth-order valence-corrected chi connectivity index (χ4v) is 3.92. The first-order valence-electron chi connectivity index (χ1n) is 10.7. The molecule has 0 aliphatic heterocycles. The average Bonchev–Trinajstić information content (AvgIpc) is 3.18. The topological polar surface area (TPSA) is 116 Å². The normalized spacial score (nSPS) is 12.9. The summed E-state index contributed by atoms with van der Waals surface area (Å²) in [7, 11) is 1.29. The van der Waals surface area contributed by atoms with Crippen LogP contribution >= 0.6 is 15.9 Å². The monoisotopic (exact) mass is 526 g/mol. The summed E-state index contributed by atoms with van der Waals surface area (Å²) < 4.78 is 11.0. The molecule has 0 bridgehead atoms. The van der Waals surface area contributed by atoms with E-state index in [9.17, 15) is 14.9 Å². The number of para-hydroxylation sites is 1. The molecule has 0 radical (unpaired) electrons. The summed E-state index contributed by atoms with van der Waals surface area (Å²) in [4.78, 5) is 28.1. The highest BCUT2D eigenvalue weighted by Gasteiger charge is 2.28. The van der Waals surface area contributed by atoms with Gasteiger partial charge in [-0.25, -0.2) is 9.59 Å². The second-order valence-corrected chi connectivity index (χ2v) is 9.66. The average molecular weight is 527 g/mol. The molecule has 178 valence electrons. The van der Waals surface area contributed by atoms with Crippen LogP contribution in [0.25, 0.3) is 10.9 Å². The third-order valence-corrected chi connectivity index (χ3v) is 5.55. The highest BCUT2D eigenvalue weighted by atomic mass is 79.9. The predicted octanol–water partition coefficient (Wildman–Crippen LogP) is 5.16. The number of rotatable bonds is 7. The van der Waals surface area contributed by atoms with E-state index in [0.29, 0.717) is 16.6 Å². The van der Waals surface area contributed by atoms with Gasteiger partial charge < -0.3 is 25.1 Å². The van der Waals surface area contributed by atoms with Gasteiger partial charge in [0.05, 0.1) is 30.5 Å². The van der Waals surface area contributed by atoms with Gasteiger partial charge in [0.1, 0.15) is 11.6 Å². The van der Waals surface area contributed by atoms with Gasteiger partial charge in [0.15, 0.2) is 0 Å². The highest BCUT2D eigenvalue weighted by Crippen LogP contribution is 2.25. The molecule has 34 heavy (non-hydrogen) atoms. The summed E-state index contributed by atoms with van der Waals surface area (Å²) in [5.74, 6) is -0.542. The van der Waals surface area contributed by atoms with Gasteiger partial charge in [0, 0.05) is 21.6 Å². The van der Waals surface area contributed by atoms with Crippen LogP contribution in [0.5, 0.6) is 0 Å². The molecule has 1 amide bonds. The largest absolute Gasteiger partial charge is 0.465 e. The Morgan fingerprint density at radius 3 is 2.62 bits per heavy atom. The summed E-state index contributed by atoms with van der Waals surface area (Å²) in [5, 5.41) is 17.0. The molecule has 0 aliphatic carbocycles. The van der Waals surface area contributed by atoms with Crippen LogP contribution in [-0.4, -0.2) is 41.8 Å². The lowest BCUT2D eigenvalue weighted by atomic mass is 9.99. The number of ether oxygens (including phenoxy) is 2. The van der Waals surface area contributed by atoms with Gasteiger partial charge in [0.25, 0.3) is 0 Å². The van der Waals surface area contributed by atoms with E-state index in [1.165, 1.54) is 7.11 Å². The second kappa shape index (κ2) is 10.6. The number of carbonyl (C=O) groups excluding carboxylic acids is 2. The van der Waals surface area contributed by atoms with E-state index in [1.807, 2.05) is 30.5 Å². The van der Waals surface area contributed by atoms with Crippen molar-refractivity contribution < 1.29 is 19.1 Å². The third-order valence-electron chi connectivity index (χ3n) is 5.06. The van der Waals surface area contributed by atoms with E-state index in [0.717, 1.165) is 16.5 Å². The summed E-state index contributed by atoms with van der Waals surface area (Å²) in [5.41, 5.74) is 1.86. The van der Waals surface area contributed by atoms with Gasteiger partial charge in [-0.05, 0) is 57.0 Å². The van der Waals surface area contributed by atoms with Crippen LogP contribution in [0.2, 0.25) is 0 Å². The Bertz CT molecular complexity index is 1230. The van der Waals surface area contributed by atoms with Crippen molar-refractivity contribution in [1.82, 2.24) is 10.3 Å². The summed E-state index contributed by atoms with van der Waals surface area (Å²) in [6.07, 6.45) is 1.57. The number of nitrogens with zero attached hydrogens (tertiary/aromatic N) is 1. The number of methoxy groups -OCH3 is 1. The fraction of sp³-hybridized carbons (Fsp3) is 0.320. The van der Waals surface area contributed by atoms with Crippen LogP contribution in [-0.2, 0) is 15.9 Å². The number of aromatic amines is 1. The van der Waals surface area contributed by atoms with Crippen molar-refractivity contribution in [3.63, 3.8) is 0 Å². The molecule has 8 nitrogen and oxygen atoms in total. The Balaban J connectivity index is 1.95. The molecule has 0 fully saturated rings. The lowest BCUT2D eigenvalue weighted by Gasteiger charge is -2.27. The molecule has 9 heteroatoms. The minimum atomic E-state index is -0.890. The van der Waals surface area contributed by atoms with Crippen LogP contribution in [0.15, 0.2) is 53.1 Å². The first-order valence-corrected chi connectivity index (χ1v) is 11.5. The van der Waals surface area contributed by atoms with Crippen molar-refractivity contribution in [1.29, 1.82) is 5.26 Å². The number of alkyl carbamates (subject to hydrolysis) is 1. The van der Waals surface area contributed by atoms with Crippen LogP contribution in [0.4, 0.5) is 10.5 Å². The minimum absolute atomic E-state index is 0.272.